The van der Waals surface area contributed by atoms with Gasteiger partial charge in [0.15, 0.2) is 0 Å². The number of nitrogens with one attached hydrogen (secondary N) is 1. The third kappa shape index (κ3) is 3.84. The van der Waals surface area contributed by atoms with E-state index in [1.54, 1.807) is 6.07 Å². The molecule has 2 aromatic rings. The number of carbonyl (C=O) groups is 1. The van der Waals surface area contributed by atoms with Crippen LogP contribution in [0.15, 0.2) is 42.6 Å². The van der Waals surface area contributed by atoms with Crippen molar-refractivity contribution < 1.29 is 17.6 Å². The highest BCUT2D eigenvalue weighted by Crippen LogP contribution is 2.20. The minimum atomic E-state index is -3.80. The third-order valence-corrected chi connectivity index (χ3v) is 5.00. The van der Waals surface area contributed by atoms with Crippen molar-refractivity contribution in [1.82, 2.24) is 10.3 Å². The second-order valence-corrected chi connectivity index (χ2v) is 6.79. The maximum absolute atomic E-state index is 13.7. The van der Waals surface area contributed by atoms with Crippen LogP contribution >= 0.6 is 0 Å². The minimum absolute atomic E-state index is 0.0833. The Morgan fingerprint density at radius 3 is 2.65 bits per heavy atom. The Kier molecular flexibility index (Phi) is 4.95. The first kappa shape index (κ1) is 16.9. The zero-order valence-corrected chi connectivity index (χ0v) is 13.5. The van der Waals surface area contributed by atoms with Crippen LogP contribution in [-0.2, 0) is 15.8 Å². The lowest BCUT2D eigenvalue weighted by molar-refractivity contribution is 0.0958. The quantitative estimate of drug-likeness (QED) is 0.898. The van der Waals surface area contributed by atoms with E-state index in [1.807, 2.05) is 0 Å². The molecule has 0 fully saturated rings. The largest absolute Gasteiger partial charge is 0.354 e. The lowest BCUT2D eigenvalue weighted by Gasteiger charge is -2.20. The number of hydrogen-bond acceptors (Lipinski definition) is 4. The third-order valence-electron chi connectivity index (χ3n) is 3.28. The number of anilines is 1. The van der Waals surface area contributed by atoms with Crippen LogP contribution in [0.1, 0.15) is 16.1 Å². The molecule has 0 unspecified atom stereocenters. The smallest absolute Gasteiger partial charge is 0.269 e. The summed E-state index contributed by atoms with van der Waals surface area (Å²) in [5.74, 6) is -1.48. The Balaban J connectivity index is 2.30. The van der Waals surface area contributed by atoms with Crippen LogP contribution in [0.4, 0.5) is 10.1 Å². The highest BCUT2D eigenvalue weighted by atomic mass is 32.2. The number of halogens is 1. The average molecular weight is 337 g/mol. The van der Waals surface area contributed by atoms with E-state index in [1.165, 1.54) is 50.6 Å². The molecule has 6 nitrogen and oxygen atoms in total. The van der Waals surface area contributed by atoms with Crippen molar-refractivity contribution >= 4 is 21.6 Å². The predicted octanol–water partition coefficient (Wildman–Crippen LogP) is 1.55. The predicted molar refractivity (Wildman–Crippen MR) is 85.1 cm³/mol. The van der Waals surface area contributed by atoms with Crippen LogP contribution in [0, 0.1) is 5.82 Å². The molecule has 2 rings (SSSR count). The number of aromatic nitrogens is 1. The number of nitrogens with zero attached hydrogens (tertiary/aromatic N) is 2. The molecule has 0 radical (unpaired) electrons. The summed E-state index contributed by atoms with van der Waals surface area (Å²) in [5, 5.41) is 2.41. The molecule has 0 aliphatic heterocycles. The van der Waals surface area contributed by atoms with Crippen LogP contribution in [0.5, 0.6) is 0 Å². The molecule has 0 aliphatic carbocycles. The van der Waals surface area contributed by atoms with Crippen LogP contribution in [0.25, 0.3) is 0 Å². The maximum atomic E-state index is 13.7. The van der Waals surface area contributed by atoms with Crippen molar-refractivity contribution in [2.45, 2.75) is 5.75 Å². The number of carbonyl (C=O) groups excluding carboxylic acids is 1. The molecule has 23 heavy (non-hydrogen) atoms. The molecule has 0 bridgehead atoms. The highest BCUT2D eigenvalue weighted by molar-refractivity contribution is 7.92. The van der Waals surface area contributed by atoms with E-state index in [9.17, 15) is 17.6 Å². The fourth-order valence-electron chi connectivity index (χ4n) is 1.94. The molecule has 0 saturated carbocycles. The van der Waals surface area contributed by atoms with Gasteiger partial charge in [-0.3, -0.25) is 14.1 Å². The monoisotopic (exact) mass is 337 g/mol. The molecular formula is C15H16FN3O3S. The lowest BCUT2D eigenvalue weighted by atomic mass is 10.2. The van der Waals surface area contributed by atoms with Gasteiger partial charge in [-0.15, -0.1) is 0 Å². The summed E-state index contributed by atoms with van der Waals surface area (Å²) in [6.07, 6.45) is 1.34. The first-order chi connectivity index (χ1) is 10.8. The van der Waals surface area contributed by atoms with Gasteiger partial charge in [0.1, 0.15) is 11.5 Å². The topological polar surface area (TPSA) is 79.4 Å². The fraction of sp³-hybridized carbons (Fsp3) is 0.200. The van der Waals surface area contributed by atoms with Crippen LogP contribution in [0.3, 0.4) is 0 Å². The van der Waals surface area contributed by atoms with Crippen molar-refractivity contribution in [2.75, 3.05) is 18.4 Å². The second kappa shape index (κ2) is 6.74. The molecule has 1 aromatic heterocycles. The summed E-state index contributed by atoms with van der Waals surface area (Å²) >= 11 is 0. The number of sulfonamides is 1. The Morgan fingerprint density at radius 2 is 2.00 bits per heavy atom. The van der Waals surface area contributed by atoms with E-state index in [-0.39, 0.29) is 16.9 Å². The lowest BCUT2D eigenvalue weighted by Crippen LogP contribution is -2.29. The van der Waals surface area contributed by atoms with Crippen LogP contribution in [-0.4, -0.2) is 33.4 Å². The van der Waals surface area contributed by atoms with Crippen molar-refractivity contribution in [2.24, 2.45) is 0 Å². The van der Waals surface area contributed by atoms with Gasteiger partial charge < -0.3 is 5.32 Å². The normalized spacial score (nSPS) is 11.1. The van der Waals surface area contributed by atoms with E-state index in [4.69, 9.17) is 0 Å². The van der Waals surface area contributed by atoms with Crippen molar-refractivity contribution in [3.8, 4) is 0 Å². The summed E-state index contributed by atoms with van der Waals surface area (Å²) in [5.41, 5.74) is 0.452. The molecule has 1 amide bonds. The summed E-state index contributed by atoms with van der Waals surface area (Å²) in [4.78, 5) is 15.5. The zero-order chi connectivity index (χ0) is 17.0. The molecule has 1 heterocycles. The Morgan fingerprint density at radius 1 is 1.30 bits per heavy atom. The van der Waals surface area contributed by atoms with Gasteiger partial charge in [-0.05, 0) is 18.2 Å². The molecule has 1 aromatic carbocycles. The Bertz CT molecular complexity index is 824. The van der Waals surface area contributed by atoms with Crippen LogP contribution < -0.4 is 9.62 Å². The highest BCUT2D eigenvalue weighted by Gasteiger charge is 2.21. The molecule has 0 aliphatic rings. The first-order valence-corrected chi connectivity index (χ1v) is 8.34. The van der Waals surface area contributed by atoms with Gasteiger partial charge in [-0.1, -0.05) is 18.2 Å². The second-order valence-electron chi connectivity index (χ2n) is 4.79. The van der Waals surface area contributed by atoms with Gasteiger partial charge >= 0.3 is 0 Å². The number of benzene rings is 1. The van der Waals surface area contributed by atoms with Gasteiger partial charge in [0.05, 0.1) is 11.4 Å². The molecule has 0 saturated heterocycles. The summed E-state index contributed by atoms with van der Waals surface area (Å²) in [7, 11) is -1.00. The van der Waals surface area contributed by atoms with Gasteiger partial charge in [0, 0.05) is 25.9 Å². The van der Waals surface area contributed by atoms with E-state index < -0.39 is 27.5 Å². The van der Waals surface area contributed by atoms with E-state index >= 15 is 0 Å². The number of amides is 1. The molecule has 8 heteroatoms. The molecule has 122 valence electrons. The number of rotatable bonds is 5. The summed E-state index contributed by atoms with van der Waals surface area (Å²) in [6, 6.07) is 8.52. The summed E-state index contributed by atoms with van der Waals surface area (Å²) < 4.78 is 39.5. The van der Waals surface area contributed by atoms with Gasteiger partial charge in [0.2, 0.25) is 10.0 Å². The molecular weight excluding hydrogens is 321 g/mol. The minimum Gasteiger partial charge on any atom is -0.354 e. The van der Waals surface area contributed by atoms with E-state index in [0.29, 0.717) is 0 Å². The van der Waals surface area contributed by atoms with Crippen molar-refractivity contribution in [3.05, 3.63) is 59.7 Å². The van der Waals surface area contributed by atoms with Crippen molar-refractivity contribution in [1.29, 1.82) is 0 Å². The zero-order valence-electron chi connectivity index (χ0n) is 12.7. The molecule has 1 N–H and O–H groups in total. The fourth-order valence-corrected chi connectivity index (χ4v) is 3.19. The maximum Gasteiger partial charge on any atom is 0.269 e. The average Bonchev–Trinajstić information content (AvgIpc) is 2.55. The van der Waals surface area contributed by atoms with Gasteiger partial charge in [-0.2, -0.15) is 0 Å². The van der Waals surface area contributed by atoms with E-state index in [2.05, 4.69) is 10.3 Å². The SMILES string of the molecule is CNC(=O)c1cc(N(C)S(=O)(=O)Cc2ccccc2F)ccn1. The number of hydrogen-bond donors (Lipinski definition) is 1. The summed E-state index contributed by atoms with van der Waals surface area (Å²) in [6.45, 7) is 0. The Hall–Kier alpha value is -2.48. The molecule has 0 atom stereocenters. The van der Waals surface area contributed by atoms with Crippen LogP contribution in [0.2, 0.25) is 0 Å². The van der Waals surface area contributed by atoms with E-state index in [0.717, 1.165) is 4.31 Å². The number of pyridine rings is 1. The van der Waals surface area contributed by atoms with Gasteiger partial charge in [-0.25, -0.2) is 12.8 Å². The van der Waals surface area contributed by atoms with Gasteiger partial charge in [0.25, 0.3) is 5.91 Å². The molecule has 0 spiro atoms. The first-order valence-electron chi connectivity index (χ1n) is 6.73. The van der Waals surface area contributed by atoms with Crippen molar-refractivity contribution in [3.63, 3.8) is 0 Å². The Labute approximate surface area is 134 Å². The standard InChI is InChI=1S/C15H16FN3O3S/c1-17-15(20)14-9-12(7-8-18-14)19(2)23(21,22)10-11-5-3-4-6-13(11)16/h3-9H,10H2,1-2H3,(H,17,20).